The molecule has 0 aromatic heterocycles. The number of nitrogens with zero attached hydrogens (tertiary/aromatic N) is 1. The van der Waals surface area contributed by atoms with Crippen LogP contribution < -0.4 is 0 Å². The number of rotatable bonds is 29. The molecule has 35 heavy (non-hydrogen) atoms. The van der Waals surface area contributed by atoms with E-state index >= 15 is 0 Å². The average Bonchev–Trinajstić information content (AvgIpc) is 2.86. The van der Waals surface area contributed by atoms with Gasteiger partial charge in [-0.15, -0.1) is 0 Å². The first-order valence-electron chi connectivity index (χ1n) is 17.0. The second-order valence-corrected chi connectivity index (χ2v) is 12.2. The summed E-state index contributed by atoms with van der Waals surface area (Å²) in [7, 11) is 2.68. The molecular formula is C34H72N+. The third kappa shape index (κ3) is 21.7. The predicted molar refractivity (Wildman–Crippen MR) is 162 cm³/mol. The zero-order valence-electron chi connectivity index (χ0n) is 25.8. The number of hydrogen-bond donors (Lipinski definition) is 0. The molecule has 0 fully saturated rings. The summed E-state index contributed by atoms with van der Waals surface area (Å²) in [6.45, 7) is 12.2. The summed E-state index contributed by atoms with van der Waals surface area (Å²) in [5, 5.41) is 0. The van der Waals surface area contributed by atoms with Gasteiger partial charge in [-0.05, 0) is 51.4 Å². The van der Waals surface area contributed by atoms with E-state index in [-0.39, 0.29) is 0 Å². The van der Waals surface area contributed by atoms with Gasteiger partial charge in [-0.1, -0.05) is 143 Å². The summed E-state index contributed by atoms with van der Waals surface area (Å²) in [5.41, 5.74) is 0. The van der Waals surface area contributed by atoms with Crippen LogP contribution in [0.1, 0.15) is 195 Å². The molecule has 0 N–H and O–H groups in total. The van der Waals surface area contributed by atoms with Gasteiger partial charge in [0, 0.05) is 0 Å². The maximum absolute atomic E-state index is 2.68. The van der Waals surface area contributed by atoms with Crippen molar-refractivity contribution in [3.8, 4) is 0 Å². The quantitative estimate of drug-likeness (QED) is 0.0716. The summed E-state index contributed by atoms with van der Waals surface area (Å²) < 4.78 is 1.39. The van der Waals surface area contributed by atoms with E-state index in [1.165, 1.54) is 185 Å². The van der Waals surface area contributed by atoms with E-state index in [9.17, 15) is 0 Å². The first-order valence-corrected chi connectivity index (χ1v) is 17.0. The molecule has 0 spiro atoms. The lowest BCUT2D eigenvalue weighted by atomic mass is 9.95. The molecule has 0 rings (SSSR count). The number of unbranched alkanes of at least 4 members (excludes halogenated alkanes) is 20. The van der Waals surface area contributed by atoms with Crippen LogP contribution in [0, 0.1) is 0 Å². The highest BCUT2D eigenvalue weighted by Gasteiger charge is 2.31. The molecule has 0 saturated carbocycles. The van der Waals surface area contributed by atoms with Crippen molar-refractivity contribution in [2.24, 2.45) is 0 Å². The van der Waals surface area contributed by atoms with Gasteiger partial charge in [0.1, 0.15) is 0 Å². The van der Waals surface area contributed by atoms with Crippen molar-refractivity contribution in [3.63, 3.8) is 0 Å². The Morgan fingerprint density at radius 2 is 0.600 bits per heavy atom. The smallest absolute Gasteiger partial charge is 0.0888 e. The van der Waals surface area contributed by atoms with E-state index < -0.39 is 0 Å². The van der Waals surface area contributed by atoms with E-state index in [0.29, 0.717) is 0 Å². The van der Waals surface area contributed by atoms with Crippen molar-refractivity contribution in [2.75, 3.05) is 20.1 Å². The summed E-state index contributed by atoms with van der Waals surface area (Å²) in [4.78, 5) is 0. The van der Waals surface area contributed by atoms with Crippen LogP contribution in [0.3, 0.4) is 0 Å². The lowest BCUT2D eigenvalue weighted by molar-refractivity contribution is -0.934. The van der Waals surface area contributed by atoms with Gasteiger partial charge in [-0.25, -0.2) is 0 Å². The third-order valence-electron chi connectivity index (χ3n) is 8.71. The average molecular weight is 495 g/mol. The van der Waals surface area contributed by atoms with Crippen molar-refractivity contribution in [2.45, 2.75) is 201 Å². The van der Waals surface area contributed by atoms with Gasteiger partial charge in [0.05, 0.1) is 26.2 Å². The van der Waals surface area contributed by atoms with E-state index in [0.717, 1.165) is 6.04 Å². The Bertz CT molecular complexity index is 358. The zero-order valence-corrected chi connectivity index (χ0v) is 25.8. The maximum atomic E-state index is 2.68. The normalized spacial score (nSPS) is 12.2. The second-order valence-electron chi connectivity index (χ2n) is 12.2. The minimum Gasteiger partial charge on any atom is -0.324 e. The molecule has 0 atom stereocenters. The fourth-order valence-corrected chi connectivity index (χ4v) is 6.07. The lowest BCUT2D eigenvalue weighted by Gasteiger charge is -2.43. The largest absolute Gasteiger partial charge is 0.324 e. The molecule has 212 valence electrons. The highest BCUT2D eigenvalue weighted by molar-refractivity contribution is 4.64. The summed E-state index contributed by atoms with van der Waals surface area (Å²) in [5.74, 6) is 0. The van der Waals surface area contributed by atoms with Crippen LogP contribution in [0.25, 0.3) is 0 Å². The minimum atomic E-state index is 0.915. The Morgan fingerprint density at radius 1 is 0.343 bits per heavy atom. The van der Waals surface area contributed by atoms with Crippen LogP contribution in [-0.2, 0) is 0 Å². The number of quaternary nitrogens is 1. The molecule has 0 saturated heterocycles. The standard InChI is InChI=1S/C34H72N/c1-6-10-14-18-22-26-30-34(31-27-23-19-15-11-7-2)35(5,32-28-24-20-16-12-8-3)33-29-25-21-17-13-9-4/h34H,6-33H2,1-5H3/q+1. The van der Waals surface area contributed by atoms with E-state index in [2.05, 4.69) is 34.7 Å². The maximum Gasteiger partial charge on any atom is 0.0888 e. The molecule has 0 aromatic rings. The molecule has 1 nitrogen and oxygen atoms in total. The second kappa shape index (κ2) is 27.0. The Kier molecular flexibility index (Phi) is 27.0. The molecule has 0 radical (unpaired) electrons. The van der Waals surface area contributed by atoms with Crippen LogP contribution in [0.4, 0.5) is 0 Å². The van der Waals surface area contributed by atoms with Gasteiger partial charge < -0.3 is 4.48 Å². The SMILES string of the molecule is CCCCCCCCC(CCCCCCCC)[N+](C)(CCCCCCCC)CCCCCCCC. The molecule has 1 heteroatoms. The number of hydrogen-bond acceptors (Lipinski definition) is 0. The van der Waals surface area contributed by atoms with Crippen molar-refractivity contribution < 1.29 is 4.48 Å². The monoisotopic (exact) mass is 495 g/mol. The van der Waals surface area contributed by atoms with E-state index in [4.69, 9.17) is 0 Å². The van der Waals surface area contributed by atoms with Crippen molar-refractivity contribution in [1.29, 1.82) is 0 Å². The molecule has 0 amide bonds. The van der Waals surface area contributed by atoms with Crippen LogP contribution in [-0.4, -0.2) is 30.7 Å². The van der Waals surface area contributed by atoms with Crippen LogP contribution >= 0.6 is 0 Å². The van der Waals surface area contributed by atoms with E-state index in [1.54, 1.807) is 0 Å². The fourth-order valence-electron chi connectivity index (χ4n) is 6.07. The van der Waals surface area contributed by atoms with Crippen molar-refractivity contribution in [1.82, 2.24) is 0 Å². The molecular weight excluding hydrogens is 422 g/mol. The summed E-state index contributed by atoms with van der Waals surface area (Å²) >= 11 is 0. The van der Waals surface area contributed by atoms with Gasteiger partial charge in [0.25, 0.3) is 0 Å². The Labute approximate surface area is 225 Å². The molecule has 0 aliphatic rings. The molecule has 0 aliphatic heterocycles. The summed E-state index contributed by atoms with van der Waals surface area (Å²) in [6.07, 6.45) is 37.6. The minimum absolute atomic E-state index is 0.915. The van der Waals surface area contributed by atoms with Gasteiger partial charge in [0.2, 0.25) is 0 Å². The molecule has 0 unspecified atom stereocenters. The molecule has 0 aromatic carbocycles. The van der Waals surface area contributed by atoms with Crippen molar-refractivity contribution >= 4 is 0 Å². The molecule has 0 heterocycles. The van der Waals surface area contributed by atoms with Gasteiger partial charge >= 0.3 is 0 Å². The van der Waals surface area contributed by atoms with Gasteiger partial charge in [-0.2, -0.15) is 0 Å². The first kappa shape index (κ1) is 35.0. The topological polar surface area (TPSA) is 0 Å². The van der Waals surface area contributed by atoms with Gasteiger partial charge in [0.15, 0.2) is 0 Å². The Balaban J connectivity index is 4.90. The third-order valence-corrected chi connectivity index (χ3v) is 8.71. The van der Waals surface area contributed by atoms with Crippen LogP contribution in [0.5, 0.6) is 0 Å². The molecule has 0 aliphatic carbocycles. The Hall–Kier alpha value is -0.0400. The molecule has 0 bridgehead atoms. The fraction of sp³-hybridized carbons (Fsp3) is 1.00. The van der Waals surface area contributed by atoms with Crippen LogP contribution in [0.15, 0.2) is 0 Å². The predicted octanol–water partition coefficient (Wildman–Crippen LogP) is 12.0. The first-order chi connectivity index (χ1) is 17.1. The van der Waals surface area contributed by atoms with E-state index in [1.807, 2.05) is 0 Å². The summed E-state index contributed by atoms with van der Waals surface area (Å²) in [6, 6.07) is 0.915. The van der Waals surface area contributed by atoms with Gasteiger partial charge in [-0.3, -0.25) is 0 Å². The Morgan fingerprint density at radius 3 is 0.914 bits per heavy atom. The van der Waals surface area contributed by atoms with Crippen LogP contribution in [0.2, 0.25) is 0 Å². The highest BCUT2D eigenvalue weighted by Crippen LogP contribution is 2.26. The zero-order chi connectivity index (χ0) is 25.9. The lowest BCUT2D eigenvalue weighted by Crippen LogP contribution is -2.53. The van der Waals surface area contributed by atoms with Crippen molar-refractivity contribution in [3.05, 3.63) is 0 Å². The highest BCUT2D eigenvalue weighted by atomic mass is 15.4.